The Morgan fingerprint density at radius 3 is 1.32 bits per heavy atom. The van der Waals surface area contributed by atoms with Crippen LogP contribution in [0.5, 0.6) is 11.5 Å². The Morgan fingerprint density at radius 1 is 0.683 bits per heavy atom. The second kappa shape index (κ2) is 17.2. The molecule has 0 aliphatic rings. The van der Waals surface area contributed by atoms with Crippen molar-refractivity contribution in [3.05, 3.63) is 93.1 Å². The van der Waals surface area contributed by atoms with Gasteiger partial charge in [0.2, 0.25) is 10.8 Å². The van der Waals surface area contributed by atoms with E-state index in [4.69, 9.17) is 82.2 Å². The Hall–Kier alpha value is -2.86. The number of nitrogens with zero attached hydrogens (tertiary/aromatic N) is 6. The predicted octanol–water partition coefficient (Wildman–Crippen LogP) is 10.7. The molecule has 0 aliphatic carbocycles. The summed E-state index contributed by atoms with van der Waals surface area (Å²) in [6, 6.07) is 17.3. The normalized spacial score (nSPS) is 9.90. The van der Waals surface area contributed by atoms with E-state index in [0.29, 0.717) is 44.6 Å². The summed E-state index contributed by atoms with van der Waals surface area (Å²) in [5, 5.41) is 24.3. The molecule has 0 amide bonds. The van der Waals surface area contributed by atoms with Gasteiger partial charge in [-0.1, -0.05) is 35.3 Å². The number of aromatic nitrogens is 2. The van der Waals surface area contributed by atoms with Gasteiger partial charge in [0.15, 0.2) is 21.5 Å². The van der Waals surface area contributed by atoms with E-state index in [9.17, 15) is 0 Å². The van der Waals surface area contributed by atoms with Crippen LogP contribution in [0.1, 0.15) is 0 Å². The third kappa shape index (κ3) is 12.3. The number of nitrogens with one attached hydrogen (secondary N) is 2. The van der Waals surface area contributed by atoms with Crippen LogP contribution < -0.4 is 20.1 Å². The van der Waals surface area contributed by atoms with Crippen molar-refractivity contribution < 1.29 is 20.3 Å². The van der Waals surface area contributed by atoms with E-state index < -0.39 is 10.8 Å². The topological polar surface area (TPSA) is 125 Å². The van der Waals surface area contributed by atoms with Crippen molar-refractivity contribution in [2.75, 3.05) is 24.9 Å². The van der Waals surface area contributed by atoms with Crippen LogP contribution in [0.15, 0.2) is 73.1 Å². The first-order chi connectivity index (χ1) is 19.5. The monoisotopic (exact) mass is 726 g/mol. The standard InChI is InChI=1S/2C12H10ClN4O.4ClH.Zn/c2*1-18-11-7-9(17-14)8(13)6-10(11)16-12-4-2-3-5-15-12;;;;;/h2*2-7H,1H3,(H,15,16);4*1H;/q2*+1;;;;;+2/p-4. The van der Waals surface area contributed by atoms with Gasteiger partial charge in [0.05, 0.1) is 37.7 Å². The van der Waals surface area contributed by atoms with Gasteiger partial charge in [-0.05, 0) is 36.4 Å². The number of halogens is 6. The van der Waals surface area contributed by atoms with Gasteiger partial charge in [0, 0.05) is 12.4 Å². The number of anilines is 4. The van der Waals surface area contributed by atoms with Gasteiger partial charge < -0.3 is 20.1 Å². The van der Waals surface area contributed by atoms with Crippen LogP contribution in [-0.4, -0.2) is 24.2 Å². The second-order valence-corrected chi connectivity index (χ2v) is 36.0. The van der Waals surface area contributed by atoms with Gasteiger partial charge in [-0.2, -0.15) is 0 Å². The summed E-state index contributed by atoms with van der Waals surface area (Å²) in [7, 11) is 19.9. The summed E-state index contributed by atoms with van der Waals surface area (Å²) in [6.07, 6.45) is 3.35. The molecule has 0 spiro atoms. The van der Waals surface area contributed by atoms with E-state index in [1.165, 1.54) is 26.4 Å². The molecule has 0 fully saturated rings. The van der Waals surface area contributed by atoms with Crippen LogP contribution in [-0.2, 0) is 10.8 Å². The quantitative estimate of drug-likeness (QED) is 0.148. The molecule has 2 heterocycles. The number of hydrogen-bond donors (Lipinski definition) is 2. The molecule has 41 heavy (non-hydrogen) atoms. The van der Waals surface area contributed by atoms with Crippen LogP contribution in [0.3, 0.4) is 0 Å². The number of diazo groups is 2. The van der Waals surface area contributed by atoms with E-state index in [0.717, 1.165) is 0 Å². The molecule has 0 saturated heterocycles. The Kier molecular flexibility index (Phi) is 14.4. The average molecular weight is 731 g/mol. The minimum atomic E-state index is -3.36. The molecule has 10 nitrogen and oxygen atoms in total. The molecule has 0 bridgehead atoms. The van der Waals surface area contributed by atoms with Crippen LogP contribution in [0, 0.1) is 10.8 Å². The summed E-state index contributed by atoms with van der Waals surface area (Å²) in [5.41, 5.74) is 1.79. The van der Waals surface area contributed by atoms with Crippen LogP contribution >= 0.6 is 62.0 Å². The fourth-order valence-corrected chi connectivity index (χ4v) is 3.32. The van der Waals surface area contributed by atoms with Crippen molar-refractivity contribution in [3.63, 3.8) is 0 Å². The number of pyridine rings is 2. The first kappa shape index (κ1) is 34.3. The molecule has 0 aliphatic heterocycles. The molecule has 0 atom stereocenters. The van der Waals surface area contributed by atoms with E-state index in [1.807, 2.05) is 36.4 Å². The van der Waals surface area contributed by atoms with E-state index in [-0.39, 0.29) is 11.4 Å². The molecule has 17 heteroatoms. The Morgan fingerprint density at radius 2 is 1.05 bits per heavy atom. The van der Waals surface area contributed by atoms with Crippen molar-refractivity contribution in [1.82, 2.24) is 9.97 Å². The molecule has 2 aromatic heterocycles. The molecule has 4 rings (SSSR count). The molecule has 4 aromatic rings. The van der Waals surface area contributed by atoms with Gasteiger partial charge >= 0.3 is 61.0 Å². The molecule has 0 radical (unpaired) electrons. The van der Waals surface area contributed by atoms with Gasteiger partial charge in [0.1, 0.15) is 21.7 Å². The fraction of sp³-hybridized carbons (Fsp3) is 0.0833. The molecule has 2 N–H and O–H groups in total. The first-order valence-corrected chi connectivity index (χ1v) is 27.7. The van der Waals surface area contributed by atoms with Gasteiger partial charge in [-0.15, -0.1) is 0 Å². The molecule has 2 aromatic carbocycles. The molecule has 0 unspecified atom stereocenters. The number of ether oxygens (including phenoxy) is 2. The average Bonchev–Trinajstić information content (AvgIpc) is 2.94. The molecule has 0 saturated carbocycles. The zero-order chi connectivity index (χ0) is 30.4. The zero-order valence-corrected chi connectivity index (χ0v) is 28.9. The number of benzene rings is 2. The van der Waals surface area contributed by atoms with Crippen LogP contribution in [0.2, 0.25) is 10.0 Å². The minimum absolute atomic E-state index is 0.250. The van der Waals surface area contributed by atoms with Crippen LogP contribution in [0.4, 0.5) is 34.4 Å². The second-order valence-electron chi connectivity index (χ2n) is 7.49. The summed E-state index contributed by atoms with van der Waals surface area (Å²) < 4.78 is 10.4. The Bertz CT molecular complexity index is 1400. The maximum absolute atomic E-state index is 8.77. The Labute approximate surface area is 265 Å². The van der Waals surface area contributed by atoms with E-state index in [1.54, 1.807) is 24.5 Å². The summed E-state index contributed by atoms with van der Waals surface area (Å²) in [4.78, 5) is 14.4. The third-order valence-electron chi connectivity index (χ3n) is 4.61. The molecular formula is C24H20Cl6N8O2Zn. The van der Waals surface area contributed by atoms with Crippen molar-refractivity contribution in [1.29, 1.82) is 10.8 Å². The Balaban J connectivity index is 0.000000247. The SMILES string of the molecule is COc1cc([N+]#N)c(Cl)cc1Nc1ccccn1.COc1cc([N+]#N)c(Cl)cc1Nc1ccccn1.[Cl][Zn-2]([Cl])([Cl])[Cl]. The van der Waals surface area contributed by atoms with Crippen molar-refractivity contribution >= 4 is 96.4 Å². The van der Waals surface area contributed by atoms with E-state index >= 15 is 0 Å². The van der Waals surface area contributed by atoms with Gasteiger partial charge in [-0.25, -0.2) is 9.97 Å². The van der Waals surface area contributed by atoms with Crippen molar-refractivity contribution in [2.24, 2.45) is 0 Å². The molecule has 212 valence electrons. The zero-order valence-electron chi connectivity index (χ0n) is 21.4. The summed E-state index contributed by atoms with van der Waals surface area (Å²) in [5.74, 6) is 2.36. The summed E-state index contributed by atoms with van der Waals surface area (Å²) >= 11 is 11.9. The van der Waals surface area contributed by atoms with Crippen LogP contribution in [0.25, 0.3) is 9.95 Å². The van der Waals surface area contributed by atoms with Crippen molar-refractivity contribution in [2.45, 2.75) is 0 Å². The molecular weight excluding hydrogens is 710 g/mol. The number of methoxy groups -OCH3 is 2. The van der Waals surface area contributed by atoms with E-state index in [2.05, 4.69) is 30.6 Å². The number of rotatable bonds is 6. The number of hydrogen-bond acceptors (Lipinski definition) is 8. The van der Waals surface area contributed by atoms with Gasteiger partial charge in [-0.3, -0.25) is 0 Å². The van der Waals surface area contributed by atoms with Crippen molar-refractivity contribution in [3.8, 4) is 11.5 Å². The maximum atomic E-state index is 8.77. The predicted molar refractivity (Wildman–Crippen MR) is 164 cm³/mol. The third-order valence-corrected chi connectivity index (χ3v) is 5.21. The summed E-state index contributed by atoms with van der Waals surface area (Å²) in [6.45, 7) is 0. The van der Waals surface area contributed by atoms with Gasteiger partial charge in [0.25, 0.3) is 0 Å². The first-order valence-electron chi connectivity index (χ1n) is 11.4. The fourth-order valence-electron chi connectivity index (χ4n) is 2.92.